The molecular formula is C18H18N2O2. The van der Waals surface area contributed by atoms with E-state index in [1.54, 1.807) is 16.5 Å². The van der Waals surface area contributed by atoms with E-state index in [0.717, 1.165) is 17.7 Å². The topological polar surface area (TPSA) is 54.6 Å². The highest BCUT2D eigenvalue weighted by atomic mass is 16.4. The monoisotopic (exact) mass is 294 g/mol. The highest BCUT2D eigenvalue weighted by Crippen LogP contribution is 2.24. The van der Waals surface area contributed by atoms with Crippen molar-refractivity contribution in [2.24, 2.45) is 0 Å². The van der Waals surface area contributed by atoms with E-state index in [2.05, 4.69) is 31.0 Å². The summed E-state index contributed by atoms with van der Waals surface area (Å²) >= 11 is 0. The molecule has 1 aromatic carbocycles. The van der Waals surface area contributed by atoms with Gasteiger partial charge in [0.25, 0.3) is 0 Å². The molecule has 4 nitrogen and oxygen atoms in total. The number of carbonyl (C=O) groups is 1. The Kier molecular flexibility index (Phi) is 3.67. The molecule has 0 amide bonds. The Hall–Kier alpha value is -2.62. The Balaban J connectivity index is 2.03. The van der Waals surface area contributed by atoms with Gasteiger partial charge < -0.3 is 9.51 Å². The number of aromatic nitrogens is 2. The Morgan fingerprint density at radius 1 is 1.27 bits per heavy atom. The number of imidazole rings is 1. The largest absolute Gasteiger partial charge is 0.478 e. The maximum absolute atomic E-state index is 11.3. The smallest absolute Gasteiger partial charge is 0.339 e. The minimum absolute atomic E-state index is 0.213. The molecule has 0 radical (unpaired) electrons. The summed E-state index contributed by atoms with van der Waals surface area (Å²) in [6, 6.07) is 11.6. The van der Waals surface area contributed by atoms with Crippen LogP contribution < -0.4 is 0 Å². The Morgan fingerprint density at radius 2 is 2.00 bits per heavy atom. The van der Waals surface area contributed by atoms with E-state index >= 15 is 0 Å². The number of rotatable bonds is 4. The molecule has 0 aliphatic rings. The fourth-order valence-electron chi connectivity index (χ4n) is 2.54. The molecule has 4 heteroatoms. The van der Waals surface area contributed by atoms with Crippen LogP contribution in [0.15, 0.2) is 48.8 Å². The molecule has 0 saturated heterocycles. The zero-order valence-corrected chi connectivity index (χ0v) is 12.7. The van der Waals surface area contributed by atoms with Gasteiger partial charge in [-0.3, -0.25) is 0 Å². The predicted octanol–water partition coefficient (Wildman–Crippen LogP) is 4.21. The molecule has 0 aliphatic carbocycles. The van der Waals surface area contributed by atoms with Gasteiger partial charge in [-0.15, -0.1) is 0 Å². The minimum atomic E-state index is -0.963. The molecular weight excluding hydrogens is 276 g/mol. The quantitative estimate of drug-likeness (QED) is 0.784. The molecule has 0 saturated carbocycles. The van der Waals surface area contributed by atoms with Gasteiger partial charge in [-0.2, -0.15) is 0 Å². The highest BCUT2D eigenvalue weighted by molar-refractivity contribution is 5.94. The first-order valence-corrected chi connectivity index (χ1v) is 7.41. The fraction of sp³-hybridized carbons (Fsp3) is 0.222. The summed E-state index contributed by atoms with van der Waals surface area (Å²) in [6.07, 6.45) is 4.78. The SMILES string of the molecule is CCC(C)c1ccc(-c2cn3cccc(C(=O)O)c3n2)cc1. The maximum Gasteiger partial charge on any atom is 0.339 e. The van der Waals surface area contributed by atoms with Gasteiger partial charge in [0.2, 0.25) is 0 Å². The maximum atomic E-state index is 11.3. The van der Waals surface area contributed by atoms with E-state index in [-0.39, 0.29) is 5.56 Å². The third kappa shape index (κ3) is 2.48. The van der Waals surface area contributed by atoms with Crippen LogP contribution in [0.25, 0.3) is 16.9 Å². The van der Waals surface area contributed by atoms with E-state index in [0.29, 0.717) is 11.6 Å². The van der Waals surface area contributed by atoms with Gasteiger partial charge in [0.15, 0.2) is 5.65 Å². The second kappa shape index (κ2) is 5.64. The molecule has 2 aromatic heterocycles. The lowest BCUT2D eigenvalue weighted by molar-refractivity contribution is 0.0698. The zero-order valence-electron chi connectivity index (χ0n) is 12.7. The third-order valence-electron chi connectivity index (χ3n) is 4.10. The first-order chi connectivity index (χ1) is 10.6. The van der Waals surface area contributed by atoms with Crippen LogP contribution in [0.4, 0.5) is 0 Å². The summed E-state index contributed by atoms with van der Waals surface area (Å²) in [7, 11) is 0. The van der Waals surface area contributed by atoms with Crippen molar-refractivity contribution in [1.29, 1.82) is 0 Å². The Bertz CT molecular complexity index is 819. The normalized spacial score (nSPS) is 12.5. The lowest BCUT2D eigenvalue weighted by atomic mass is 9.97. The van der Waals surface area contributed by atoms with Crippen LogP contribution in [-0.4, -0.2) is 20.5 Å². The number of fused-ring (bicyclic) bond motifs is 1. The number of aromatic carboxylic acids is 1. The fourth-order valence-corrected chi connectivity index (χ4v) is 2.54. The summed E-state index contributed by atoms with van der Waals surface area (Å²) in [4.78, 5) is 15.7. The number of carboxylic acids is 1. The molecule has 3 rings (SSSR count). The molecule has 0 bridgehead atoms. The average molecular weight is 294 g/mol. The van der Waals surface area contributed by atoms with Crippen LogP contribution in [0.1, 0.15) is 42.1 Å². The molecule has 0 aliphatic heterocycles. The summed E-state index contributed by atoms with van der Waals surface area (Å²) in [5, 5.41) is 9.23. The molecule has 1 N–H and O–H groups in total. The van der Waals surface area contributed by atoms with Gasteiger partial charge in [-0.25, -0.2) is 9.78 Å². The van der Waals surface area contributed by atoms with Crippen LogP contribution in [0, 0.1) is 0 Å². The summed E-state index contributed by atoms with van der Waals surface area (Å²) < 4.78 is 1.75. The molecule has 112 valence electrons. The Morgan fingerprint density at radius 3 is 2.64 bits per heavy atom. The number of pyridine rings is 1. The van der Waals surface area contributed by atoms with Crippen molar-refractivity contribution in [2.75, 3.05) is 0 Å². The van der Waals surface area contributed by atoms with Crippen LogP contribution in [-0.2, 0) is 0 Å². The van der Waals surface area contributed by atoms with Gasteiger partial charge in [-0.1, -0.05) is 38.1 Å². The van der Waals surface area contributed by atoms with E-state index < -0.39 is 5.97 Å². The molecule has 3 aromatic rings. The number of hydrogen-bond acceptors (Lipinski definition) is 2. The van der Waals surface area contributed by atoms with Crippen molar-refractivity contribution >= 4 is 11.6 Å². The molecule has 2 heterocycles. The van der Waals surface area contributed by atoms with Crippen molar-refractivity contribution in [3.05, 3.63) is 59.9 Å². The average Bonchev–Trinajstić information content (AvgIpc) is 2.98. The minimum Gasteiger partial charge on any atom is -0.478 e. The number of hydrogen-bond donors (Lipinski definition) is 1. The summed E-state index contributed by atoms with van der Waals surface area (Å²) in [6.45, 7) is 4.38. The van der Waals surface area contributed by atoms with Crippen LogP contribution in [0.5, 0.6) is 0 Å². The molecule has 22 heavy (non-hydrogen) atoms. The van der Waals surface area contributed by atoms with Crippen LogP contribution >= 0.6 is 0 Å². The van der Waals surface area contributed by atoms with Crippen molar-refractivity contribution in [3.63, 3.8) is 0 Å². The third-order valence-corrected chi connectivity index (χ3v) is 4.10. The predicted molar refractivity (Wildman–Crippen MR) is 86.3 cm³/mol. The van der Waals surface area contributed by atoms with Gasteiger partial charge in [-0.05, 0) is 30.0 Å². The molecule has 0 spiro atoms. The number of nitrogens with zero attached hydrogens (tertiary/aromatic N) is 2. The van der Waals surface area contributed by atoms with Crippen LogP contribution in [0.3, 0.4) is 0 Å². The van der Waals surface area contributed by atoms with Crippen molar-refractivity contribution < 1.29 is 9.90 Å². The molecule has 0 fully saturated rings. The highest BCUT2D eigenvalue weighted by Gasteiger charge is 2.12. The Labute approximate surface area is 129 Å². The lowest BCUT2D eigenvalue weighted by Crippen LogP contribution is -1.99. The first kappa shape index (κ1) is 14.3. The van der Waals surface area contributed by atoms with E-state index in [4.69, 9.17) is 0 Å². The summed E-state index contributed by atoms with van der Waals surface area (Å²) in [5.41, 5.74) is 3.76. The van der Waals surface area contributed by atoms with Gasteiger partial charge in [0.05, 0.1) is 5.69 Å². The van der Waals surface area contributed by atoms with Gasteiger partial charge >= 0.3 is 5.97 Å². The standard InChI is InChI=1S/C18H18N2O2/c1-3-12(2)13-6-8-14(9-7-13)16-11-20-10-4-5-15(18(21)22)17(20)19-16/h4-12H,3H2,1-2H3,(H,21,22). The van der Waals surface area contributed by atoms with E-state index in [1.165, 1.54) is 5.56 Å². The van der Waals surface area contributed by atoms with Gasteiger partial charge in [0.1, 0.15) is 5.56 Å². The van der Waals surface area contributed by atoms with Crippen molar-refractivity contribution in [3.8, 4) is 11.3 Å². The molecule has 1 unspecified atom stereocenters. The molecule has 1 atom stereocenters. The number of carboxylic acid groups (broad SMARTS) is 1. The second-order valence-electron chi connectivity index (χ2n) is 5.52. The van der Waals surface area contributed by atoms with Crippen LogP contribution in [0.2, 0.25) is 0 Å². The number of benzene rings is 1. The van der Waals surface area contributed by atoms with Crippen molar-refractivity contribution in [1.82, 2.24) is 9.38 Å². The first-order valence-electron chi connectivity index (χ1n) is 7.41. The van der Waals surface area contributed by atoms with E-state index in [9.17, 15) is 9.90 Å². The lowest BCUT2D eigenvalue weighted by Gasteiger charge is -2.08. The van der Waals surface area contributed by atoms with Crippen molar-refractivity contribution in [2.45, 2.75) is 26.2 Å². The second-order valence-corrected chi connectivity index (χ2v) is 5.52. The summed E-state index contributed by atoms with van der Waals surface area (Å²) in [5.74, 6) is -0.427. The zero-order chi connectivity index (χ0) is 15.7. The van der Waals surface area contributed by atoms with E-state index in [1.807, 2.05) is 24.5 Å². The van der Waals surface area contributed by atoms with Gasteiger partial charge in [0, 0.05) is 18.0 Å².